The van der Waals surface area contributed by atoms with Crippen molar-refractivity contribution in [1.29, 1.82) is 0 Å². The third-order valence-electron chi connectivity index (χ3n) is 6.13. The van der Waals surface area contributed by atoms with Gasteiger partial charge in [0, 0.05) is 6.42 Å². The van der Waals surface area contributed by atoms with Crippen LogP contribution in [0.1, 0.15) is 111 Å². The van der Waals surface area contributed by atoms with E-state index in [1.165, 1.54) is 44.9 Å². The van der Waals surface area contributed by atoms with E-state index in [-0.39, 0.29) is 36.0 Å². The second-order valence-corrected chi connectivity index (χ2v) is 9.37. The Kier molecular flexibility index (Phi) is 14.3. The summed E-state index contributed by atoms with van der Waals surface area (Å²) in [5.41, 5.74) is 0. The van der Waals surface area contributed by atoms with Crippen LogP contribution in [0, 0.1) is 11.8 Å². The molecule has 6 nitrogen and oxygen atoms in total. The first-order valence-corrected chi connectivity index (χ1v) is 12.5. The summed E-state index contributed by atoms with van der Waals surface area (Å²) in [6.45, 7) is 8.22. The van der Waals surface area contributed by atoms with E-state index in [2.05, 4.69) is 12.2 Å². The molecule has 1 amide bonds. The zero-order chi connectivity index (χ0) is 23.1. The number of hydrogen-bond acceptors (Lipinski definition) is 5. The van der Waals surface area contributed by atoms with Gasteiger partial charge in [0.15, 0.2) is 0 Å². The Bertz CT molecular complexity index is 522. The average molecular weight is 440 g/mol. The van der Waals surface area contributed by atoms with Crippen molar-refractivity contribution in [2.45, 2.75) is 129 Å². The molecular weight excluding hydrogens is 394 g/mol. The highest BCUT2D eigenvalue weighted by Gasteiger charge is 2.42. The lowest BCUT2D eigenvalue weighted by Gasteiger charge is -2.36. The SMILES string of the molecule is CCCCCCCCCCC[C@@H](CC1OC(=O)[C@H]1CC)OC(=O)[C@H](CC(C)C)NC=O. The Hall–Kier alpha value is -1.59. The van der Waals surface area contributed by atoms with Crippen molar-refractivity contribution < 1.29 is 23.9 Å². The molecule has 1 N–H and O–H groups in total. The van der Waals surface area contributed by atoms with E-state index < -0.39 is 6.04 Å². The van der Waals surface area contributed by atoms with Crippen LogP contribution in [0.25, 0.3) is 0 Å². The highest BCUT2D eigenvalue weighted by molar-refractivity contribution is 5.79. The van der Waals surface area contributed by atoms with Gasteiger partial charge in [-0.3, -0.25) is 9.59 Å². The molecule has 0 aromatic heterocycles. The molecule has 31 heavy (non-hydrogen) atoms. The number of carbonyl (C=O) groups is 3. The fourth-order valence-electron chi connectivity index (χ4n) is 4.24. The Morgan fingerprint density at radius 3 is 2.19 bits per heavy atom. The van der Waals surface area contributed by atoms with Crippen LogP contribution in [0.3, 0.4) is 0 Å². The summed E-state index contributed by atoms with van der Waals surface area (Å²) < 4.78 is 11.1. The number of rotatable bonds is 19. The molecule has 1 aliphatic heterocycles. The Morgan fingerprint density at radius 2 is 1.68 bits per heavy atom. The first kappa shape index (κ1) is 27.4. The third kappa shape index (κ3) is 11.0. The minimum Gasteiger partial charge on any atom is -0.461 e. The molecule has 1 rings (SSSR count). The van der Waals surface area contributed by atoms with Gasteiger partial charge >= 0.3 is 11.9 Å². The van der Waals surface area contributed by atoms with Crippen molar-refractivity contribution in [3.05, 3.63) is 0 Å². The zero-order valence-electron chi connectivity index (χ0n) is 20.2. The summed E-state index contributed by atoms with van der Waals surface area (Å²) in [6.07, 6.45) is 13.8. The van der Waals surface area contributed by atoms with Crippen LogP contribution >= 0.6 is 0 Å². The van der Waals surface area contributed by atoms with Gasteiger partial charge in [-0.2, -0.15) is 0 Å². The maximum atomic E-state index is 12.7. The largest absolute Gasteiger partial charge is 0.461 e. The van der Waals surface area contributed by atoms with Gasteiger partial charge in [-0.05, 0) is 31.6 Å². The predicted molar refractivity (Wildman–Crippen MR) is 122 cm³/mol. The minimum absolute atomic E-state index is 0.0936. The molecule has 180 valence electrons. The Morgan fingerprint density at radius 1 is 1.06 bits per heavy atom. The lowest BCUT2D eigenvalue weighted by molar-refractivity contribution is -0.190. The van der Waals surface area contributed by atoms with E-state index in [0.29, 0.717) is 19.3 Å². The maximum Gasteiger partial charge on any atom is 0.328 e. The van der Waals surface area contributed by atoms with Crippen LogP contribution in [0.2, 0.25) is 0 Å². The molecule has 1 fully saturated rings. The predicted octanol–water partition coefficient (Wildman–Crippen LogP) is 5.32. The van der Waals surface area contributed by atoms with Gasteiger partial charge < -0.3 is 14.8 Å². The number of carbonyl (C=O) groups excluding carboxylic acids is 3. The number of esters is 2. The Balaban J connectivity index is 2.50. The fraction of sp³-hybridized carbons (Fsp3) is 0.880. The first-order valence-electron chi connectivity index (χ1n) is 12.5. The molecule has 0 aromatic carbocycles. The van der Waals surface area contributed by atoms with Crippen molar-refractivity contribution in [1.82, 2.24) is 5.32 Å². The molecule has 1 unspecified atom stereocenters. The summed E-state index contributed by atoms with van der Waals surface area (Å²) in [6, 6.07) is -0.631. The molecule has 0 spiro atoms. The summed E-state index contributed by atoms with van der Waals surface area (Å²) in [4.78, 5) is 35.2. The van der Waals surface area contributed by atoms with Crippen molar-refractivity contribution in [3.63, 3.8) is 0 Å². The van der Waals surface area contributed by atoms with Gasteiger partial charge in [-0.15, -0.1) is 0 Å². The molecule has 6 heteroatoms. The van der Waals surface area contributed by atoms with Gasteiger partial charge in [0.2, 0.25) is 6.41 Å². The highest BCUT2D eigenvalue weighted by Crippen LogP contribution is 2.31. The van der Waals surface area contributed by atoms with Gasteiger partial charge in [0.05, 0.1) is 5.92 Å². The van der Waals surface area contributed by atoms with Crippen LogP contribution in [0.5, 0.6) is 0 Å². The standard InChI is InChI=1S/C25H45NO5/c1-5-7-8-9-10-11-12-13-14-15-20(17-23-21(6-2)24(28)31-23)30-25(29)22(26-18-27)16-19(3)4/h18-23H,5-17H2,1-4H3,(H,26,27)/t20-,21-,22-,23?/m0/s1. The number of cyclic esters (lactones) is 1. The molecule has 4 atom stereocenters. The summed E-state index contributed by atoms with van der Waals surface area (Å²) in [5.74, 6) is -0.372. The topological polar surface area (TPSA) is 81.7 Å². The molecule has 0 radical (unpaired) electrons. The normalized spacial score (nSPS) is 20.0. The van der Waals surface area contributed by atoms with E-state index >= 15 is 0 Å². The van der Waals surface area contributed by atoms with E-state index in [4.69, 9.17) is 9.47 Å². The quantitative estimate of drug-likeness (QED) is 0.167. The number of ether oxygens (including phenoxy) is 2. The van der Waals surface area contributed by atoms with E-state index in [1.54, 1.807) is 0 Å². The lowest BCUT2D eigenvalue weighted by Crippen LogP contribution is -2.47. The molecule has 1 aliphatic rings. The summed E-state index contributed by atoms with van der Waals surface area (Å²) >= 11 is 0. The molecule has 0 saturated carbocycles. The average Bonchev–Trinajstić information content (AvgIpc) is 2.71. The second kappa shape index (κ2) is 16.1. The lowest BCUT2D eigenvalue weighted by atomic mass is 9.88. The van der Waals surface area contributed by atoms with Crippen LogP contribution in [-0.4, -0.2) is 36.6 Å². The van der Waals surface area contributed by atoms with Gasteiger partial charge in [0.25, 0.3) is 0 Å². The third-order valence-corrected chi connectivity index (χ3v) is 6.13. The van der Waals surface area contributed by atoms with Crippen LogP contribution in [0.4, 0.5) is 0 Å². The zero-order valence-corrected chi connectivity index (χ0v) is 20.2. The van der Waals surface area contributed by atoms with Crippen LogP contribution in [-0.2, 0) is 23.9 Å². The second-order valence-electron chi connectivity index (χ2n) is 9.37. The molecule has 0 aliphatic carbocycles. The smallest absolute Gasteiger partial charge is 0.328 e. The van der Waals surface area contributed by atoms with Gasteiger partial charge in [-0.25, -0.2) is 4.79 Å². The van der Waals surface area contributed by atoms with Gasteiger partial charge in [-0.1, -0.05) is 79.1 Å². The van der Waals surface area contributed by atoms with Crippen molar-refractivity contribution >= 4 is 18.3 Å². The number of nitrogens with one attached hydrogen (secondary N) is 1. The molecular formula is C25H45NO5. The van der Waals surface area contributed by atoms with E-state index in [1.807, 2.05) is 20.8 Å². The molecule has 1 saturated heterocycles. The fourth-order valence-corrected chi connectivity index (χ4v) is 4.24. The molecule has 0 bridgehead atoms. The molecule has 1 heterocycles. The van der Waals surface area contributed by atoms with Crippen molar-refractivity contribution in [2.24, 2.45) is 11.8 Å². The summed E-state index contributed by atoms with van der Waals surface area (Å²) in [7, 11) is 0. The number of amides is 1. The molecule has 0 aromatic rings. The van der Waals surface area contributed by atoms with E-state index in [9.17, 15) is 14.4 Å². The maximum absolute atomic E-state index is 12.7. The highest BCUT2D eigenvalue weighted by atomic mass is 16.6. The summed E-state index contributed by atoms with van der Waals surface area (Å²) in [5, 5.41) is 2.59. The Labute approximate surface area is 189 Å². The minimum atomic E-state index is -0.631. The van der Waals surface area contributed by atoms with Crippen LogP contribution in [0.15, 0.2) is 0 Å². The van der Waals surface area contributed by atoms with E-state index in [0.717, 1.165) is 25.7 Å². The van der Waals surface area contributed by atoms with Crippen LogP contribution < -0.4 is 5.32 Å². The number of hydrogen-bond donors (Lipinski definition) is 1. The monoisotopic (exact) mass is 439 g/mol. The van der Waals surface area contributed by atoms with Crippen molar-refractivity contribution in [2.75, 3.05) is 0 Å². The first-order chi connectivity index (χ1) is 14.9. The van der Waals surface area contributed by atoms with Gasteiger partial charge in [0.1, 0.15) is 18.2 Å². The van der Waals surface area contributed by atoms with Crippen molar-refractivity contribution in [3.8, 4) is 0 Å². The number of unbranched alkanes of at least 4 members (excludes halogenated alkanes) is 8.